The molecule has 3 nitrogen and oxygen atoms in total. The maximum absolute atomic E-state index is 5.69. The molecule has 0 aliphatic carbocycles. The molecule has 104 valence electrons. The van der Waals surface area contributed by atoms with Gasteiger partial charge >= 0.3 is 0 Å². The molecule has 2 atom stereocenters. The van der Waals surface area contributed by atoms with Gasteiger partial charge in [-0.25, -0.2) is 0 Å². The number of likely N-dealkylation sites (N-methyl/N-ethyl adjacent to an activating group) is 1. The van der Waals surface area contributed by atoms with Crippen LogP contribution in [0.4, 0.5) is 0 Å². The zero-order valence-corrected chi connectivity index (χ0v) is 12.6. The Labute approximate surface area is 115 Å². The van der Waals surface area contributed by atoms with Crippen molar-refractivity contribution in [3.63, 3.8) is 0 Å². The maximum atomic E-state index is 5.69. The fraction of sp³-hybridized carbons (Fsp3) is 0.714. The highest BCUT2D eigenvalue weighted by molar-refractivity contribution is 7.09. The number of thiophene rings is 1. The molecule has 0 bridgehead atoms. The molecule has 2 unspecified atom stereocenters. The standard InChI is InChI=1S/C14H26N2OS/c1-4-17-13(11-15)7-8-16(3)12(2)10-14-6-5-9-18-14/h5-6,9,12-13H,4,7-8,10-11,15H2,1-3H3. The molecule has 0 saturated carbocycles. The third kappa shape index (κ3) is 5.48. The Morgan fingerprint density at radius 3 is 2.83 bits per heavy atom. The van der Waals surface area contributed by atoms with Gasteiger partial charge < -0.3 is 15.4 Å². The van der Waals surface area contributed by atoms with Crippen LogP contribution in [-0.2, 0) is 11.2 Å². The normalized spacial score (nSPS) is 14.9. The van der Waals surface area contributed by atoms with Gasteiger partial charge in [0.15, 0.2) is 0 Å². The van der Waals surface area contributed by atoms with Crippen LogP contribution in [-0.4, -0.2) is 43.8 Å². The number of hydrogen-bond donors (Lipinski definition) is 1. The zero-order valence-electron chi connectivity index (χ0n) is 11.8. The molecule has 0 saturated heterocycles. The number of rotatable bonds is 9. The molecule has 0 aliphatic heterocycles. The summed E-state index contributed by atoms with van der Waals surface area (Å²) in [6.45, 7) is 6.69. The number of ether oxygens (including phenoxy) is 1. The van der Waals surface area contributed by atoms with Crippen LogP contribution in [0.15, 0.2) is 17.5 Å². The van der Waals surface area contributed by atoms with Crippen molar-refractivity contribution in [2.24, 2.45) is 5.73 Å². The highest BCUT2D eigenvalue weighted by Gasteiger charge is 2.13. The van der Waals surface area contributed by atoms with Gasteiger partial charge in [0.05, 0.1) is 6.10 Å². The molecule has 4 heteroatoms. The molecule has 0 radical (unpaired) electrons. The van der Waals surface area contributed by atoms with E-state index in [1.54, 1.807) is 0 Å². The average Bonchev–Trinajstić information content (AvgIpc) is 2.86. The predicted octanol–water partition coefficient (Wildman–Crippen LogP) is 2.36. The van der Waals surface area contributed by atoms with Gasteiger partial charge in [-0.15, -0.1) is 11.3 Å². The minimum atomic E-state index is 0.200. The Bertz CT molecular complexity index is 303. The van der Waals surface area contributed by atoms with Gasteiger partial charge in [0, 0.05) is 30.6 Å². The SMILES string of the molecule is CCOC(CN)CCN(C)C(C)Cc1cccs1. The molecule has 0 fully saturated rings. The lowest BCUT2D eigenvalue weighted by Gasteiger charge is -2.26. The van der Waals surface area contributed by atoms with Gasteiger partial charge in [-0.05, 0) is 45.2 Å². The van der Waals surface area contributed by atoms with E-state index in [-0.39, 0.29) is 6.10 Å². The first-order chi connectivity index (χ1) is 8.67. The topological polar surface area (TPSA) is 38.5 Å². The van der Waals surface area contributed by atoms with Crippen LogP contribution in [0.3, 0.4) is 0 Å². The summed E-state index contributed by atoms with van der Waals surface area (Å²) in [5.74, 6) is 0. The largest absolute Gasteiger partial charge is 0.377 e. The molecule has 1 aromatic rings. The maximum Gasteiger partial charge on any atom is 0.0709 e. The lowest BCUT2D eigenvalue weighted by Crippen LogP contribution is -2.35. The van der Waals surface area contributed by atoms with E-state index in [0.29, 0.717) is 12.6 Å². The fourth-order valence-corrected chi connectivity index (χ4v) is 2.78. The summed E-state index contributed by atoms with van der Waals surface area (Å²) in [5.41, 5.74) is 5.69. The van der Waals surface area contributed by atoms with Crippen LogP contribution < -0.4 is 5.73 Å². The van der Waals surface area contributed by atoms with Crippen LogP contribution in [0.25, 0.3) is 0 Å². The van der Waals surface area contributed by atoms with Gasteiger partial charge in [0.1, 0.15) is 0 Å². The van der Waals surface area contributed by atoms with Gasteiger partial charge in [0.25, 0.3) is 0 Å². The molecule has 2 N–H and O–H groups in total. The minimum Gasteiger partial charge on any atom is -0.377 e. The second kappa shape index (κ2) is 8.64. The monoisotopic (exact) mass is 270 g/mol. The molecule has 0 spiro atoms. The van der Waals surface area contributed by atoms with Crippen molar-refractivity contribution in [1.82, 2.24) is 4.90 Å². The Morgan fingerprint density at radius 2 is 2.28 bits per heavy atom. The molecule has 1 rings (SSSR count). The van der Waals surface area contributed by atoms with Crippen LogP contribution in [0, 0.1) is 0 Å². The first kappa shape index (κ1) is 15.6. The fourth-order valence-electron chi connectivity index (χ4n) is 1.95. The zero-order chi connectivity index (χ0) is 13.4. The van der Waals surface area contributed by atoms with Gasteiger partial charge in [0.2, 0.25) is 0 Å². The van der Waals surface area contributed by atoms with Crippen molar-refractivity contribution < 1.29 is 4.74 Å². The Balaban J connectivity index is 2.28. The summed E-state index contributed by atoms with van der Waals surface area (Å²) < 4.78 is 5.58. The smallest absolute Gasteiger partial charge is 0.0709 e. The quantitative estimate of drug-likeness (QED) is 0.748. The summed E-state index contributed by atoms with van der Waals surface area (Å²) >= 11 is 1.83. The van der Waals surface area contributed by atoms with E-state index in [4.69, 9.17) is 10.5 Å². The predicted molar refractivity (Wildman–Crippen MR) is 79.2 cm³/mol. The van der Waals surface area contributed by atoms with E-state index >= 15 is 0 Å². The summed E-state index contributed by atoms with van der Waals surface area (Å²) in [6.07, 6.45) is 2.33. The first-order valence-electron chi connectivity index (χ1n) is 6.71. The Morgan fingerprint density at radius 1 is 1.50 bits per heavy atom. The minimum absolute atomic E-state index is 0.200. The van der Waals surface area contributed by atoms with Crippen molar-refractivity contribution in [2.45, 2.75) is 38.8 Å². The van der Waals surface area contributed by atoms with E-state index in [0.717, 1.165) is 26.0 Å². The highest BCUT2D eigenvalue weighted by atomic mass is 32.1. The van der Waals surface area contributed by atoms with Crippen molar-refractivity contribution in [1.29, 1.82) is 0 Å². The Kier molecular flexibility index (Phi) is 7.51. The van der Waals surface area contributed by atoms with Crippen molar-refractivity contribution >= 4 is 11.3 Å². The van der Waals surface area contributed by atoms with Crippen molar-refractivity contribution in [2.75, 3.05) is 26.7 Å². The molecule has 0 aromatic carbocycles. The van der Waals surface area contributed by atoms with E-state index in [9.17, 15) is 0 Å². The lowest BCUT2D eigenvalue weighted by atomic mass is 10.1. The van der Waals surface area contributed by atoms with Crippen LogP contribution in [0.1, 0.15) is 25.1 Å². The van der Waals surface area contributed by atoms with Crippen LogP contribution in [0.2, 0.25) is 0 Å². The number of hydrogen-bond acceptors (Lipinski definition) is 4. The summed E-state index contributed by atoms with van der Waals surface area (Å²) in [4.78, 5) is 3.84. The first-order valence-corrected chi connectivity index (χ1v) is 7.59. The number of nitrogens with zero attached hydrogens (tertiary/aromatic N) is 1. The van der Waals surface area contributed by atoms with E-state index in [2.05, 4.69) is 36.4 Å². The third-order valence-electron chi connectivity index (χ3n) is 3.30. The number of nitrogens with two attached hydrogens (primary N) is 1. The van der Waals surface area contributed by atoms with Gasteiger partial charge in [-0.2, -0.15) is 0 Å². The molecular formula is C14H26N2OS. The Hall–Kier alpha value is -0.420. The molecular weight excluding hydrogens is 244 g/mol. The van der Waals surface area contributed by atoms with Crippen molar-refractivity contribution in [3.05, 3.63) is 22.4 Å². The lowest BCUT2D eigenvalue weighted by molar-refractivity contribution is 0.0536. The molecule has 1 heterocycles. The highest BCUT2D eigenvalue weighted by Crippen LogP contribution is 2.14. The molecule has 1 aromatic heterocycles. The van der Waals surface area contributed by atoms with Crippen molar-refractivity contribution in [3.8, 4) is 0 Å². The van der Waals surface area contributed by atoms with Crippen LogP contribution in [0.5, 0.6) is 0 Å². The van der Waals surface area contributed by atoms with Gasteiger partial charge in [-0.1, -0.05) is 6.07 Å². The summed E-state index contributed by atoms with van der Waals surface area (Å²) in [5, 5.41) is 2.14. The second-order valence-electron chi connectivity index (χ2n) is 4.71. The third-order valence-corrected chi connectivity index (χ3v) is 4.20. The van der Waals surface area contributed by atoms with Crippen LogP contribution >= 0.6 is 11.3 Å². The summed E-state index contributed by atoms with van der Waals surface area (Å²) in [6, 6.07) is 4.88. The van der Waals surface area contributed by atoms with E-state index < -0.39 is 0 Å². The molecule has 0 amide bonds. The molecule has 18 heavy (non-hydrogen) atoms. The molecule has 0 aliphatic rings. The van der Waals surface area contributed by atoms with E-state index in [1.165, 1.54) is 4.88 Å². The average molecular weight is 270 g/mol. The summed E-state index contributed by atoms with van der Waals surface area (Å²) in [7, 11) is 2.18. The van der Waals surface area contributed by atoms with Gasteiger partial charge in [-0.3, -0.25) is 0 Å². The second-order valence-corrected chi connectivity index (χ2v) is 5.75. The van der Waals surface area contributed by atoms with E-state index in [1.807, 2.05) is 18.3 Å².